The van der Waals surface area contributed by atoms with Gasteiger partial charge in [-0.15, -0.1) is 0 Å². The maximum absolute atomic E-state index is 12.7. The third kappa shape index (κ3) is 1.61. The maximum Gasteiger partial charge on any atom is 0.125 e. The number of hydrogen-bond donors (Lipinski definition) is 2. The highest BCUT2D eigenvalue weighted by Gasteiger charge is 2.03. The molecule has 0 spiro atoms. The van der Waals surface area contributed by atoms with Crippen molar-refractivity contribution < 1.29 is 4.39 Å². The van der Waals surface area contributed by atoms with E-state index < -0.39 is 0 Å². The summed E-state index contributed by atoms with van der Waals surface area (Å²) in [6, 6.07) is 4.34. The molecule has 1 aromatic carbocycles. The topological polar surface area (TPSA) is 35.9 Å². The summed E-state index contributed by atoms with van der Waals surface area (Å²) in [5.41, 5.74) is 1.82. The third-order valence-electron chi connectivity index (χ3n) is 1.65. The Morgan fingerprint density at radius 3 is 2.67 bits per heavy atom. The average molecular weight is 166 g/mol. The Labute approximate surface area is 70.9 Å². The van der Waals surface area contributed by atoms with Crippen molar-refractivity contribution in [1.29, 1.82) is 5.41 Å². The predicted octanol–water partition coefficient (Wildman–Crippen LogP) is 2.26. The van der Waals surface area contributed by atoms with Crippen LogP contribution in [0.1, 0.15) is 12.5 Å². The molecule has 0 amide bonds. The summed E-state index contributed by atoms with van der Waals surface area (Å²) in [5, 5.41) is 10.2. The van der Waals surface area contributed by atoms with Gasteiger partial charge in [0.15, 0.2) is 0 Å². The van der Waals surface area contributed by atoms with Gasteiger partial charge in [-0.05, 0) is 25.1 Å². The summed E-state index contributed by atoms with van der Waals surface area (Å²) in [6.45, 7) is 1.67. The maximum atomic E-state index is 12.7. The molecule has 1 aromatic rings. The van der Waals surface area contributed by atoms with E-state index in [0.717, 1.165) is 5.56 Å². The van der Waals surface area contributed by atoms with E-state index in [-0.39, 0.29) is 5.82 Å². The zero-order chi connectivity index (χ0) is 9.14. The van der Waals surface area contributed by atoms with Crippen LogP contribution in [0.2, 0.25) is 0 Å². The second-order valence-electron chi connectivity index (χ2n) is 2.56. The molecule has 0 bridgehead atoms. The fourth-order valence-electron chi connectivity index (χ4n) is 1.05. The first-order valence-corrected chi connectivity index (χ1v) is 3.68. The zero-order valence-corrected chi connectivity index (χ0v) is 7.11. The highest BCUT2D eigenvalue weighted by Crippen LogP contribution is 2.16. The second-order valence-corrected chi connectivity index (χ2v) is 2.56. The lowest BCUT2D eigenvalue weighted by atomic mass is 10.1. The van der Waals surface area contributed by atoms with Crippen molar-refractivity contribution >= 4 is 11.4 Å². The molecule has 2 N–H and O–H groups in total. The standard InChI is InChI=1S/C9H11FN2/c1-6(11)8-4-3-7(10)5-9(8)12-2/h3-5,11-12H,1-2H3. The fraction of sp³-hybridized carbons (Fsp3) is 0.222. The van der Waals surface area contributed by atoms with Gasteiger partial charge in [0.05, 0.1) is 0 Å². The lowest BCUT2D eigenvalue weighted by molar-refractivity contribution is 0.628. The van der Waals surface area contributed by atoms with Gasteiger partial charge in [-0.3, -0.25) is 0 Å². The first kappa shape index (κ1) is 8.71. The van der Waals surface area contributed by atoms with Crippen LogP contribution in [0.3, 0.4) is 0 Å². The number of anilines is 1. The molecule has 0 aliphatic carbocycles. The van der Waals surface area contributed by atoms with Gasteiger partial charge in [-0.2, -0.15) is 0 Å². The molecule has 3 heteroatoms. The number of nitrogens with one attached hydrogen (secondary N) is 2. The highest BCUT2D eigenvalue weighted by molar-refractivity contribution is 6.01. The summed E-state index contributed by atoms with van der Waals surface area (Å²) < 4.78 is 12.7. The Balaban J connectivity index is 3.20. The Hall–Kier alpha value is -1.38. The molecule has 64 valence electrons. The van der Waals surface area contributed by atoms with Crippen molar-refractivity contribution in [2.75, 3.05) is 12.4 Å². The Bertz CT molecular complexity index is 307. The molecule has 12 heavy (non-hydrogen) atoms. The summed E-state index contributed by atoms with van der Waals surface area (Å²) in [5.74, 6) is -0.288. The molecule has 0 saturated carbocycles. The van der Waals surface area contributed by atoms with Crippen molar-refractivity contribution in [3.63, 3.8) is 0 Å². The first-order chi connectivity index (χ1) is 5.65. The van der Waals surface area contributed by atoms with E-state index in [1.807, 2.05) is 0 Å². The Kier molecular flexibility index (Phi) is 2.43. The van der Waals surface area contributed by atoms with Crippen LogP contribution in [0.15, 0.2) is 18.2 Å². The monoisotopic (exact) mass is 166 g/mol. The van der Waals surface area contributed by atoms with E-state index >= 15 is 0 Å². The van der Waals surface area contributed by atoms with E-state index in [2.05, 4.69) is 5.32 Å². The molecule has 0 radical (unpaired) electrons. The minimum atomic E-state index is -0.288. The summed E-state index contributed by atoms with van der Waals surface area (Å²) >= 11 is 0. The largest absolute Gasteiger partial charge is 0.387 e. The fourth-order valence-corrected chi connectivity index (χ4v) is 1.05. The van der Waals surface area contributed by atoms with Crippen molar-refractivity contribution in [2.45, 2.75) is 6.92 Å². The van der Waals surface area contributed by atoms with Crippen LogP contribution in [0.25, 0.3) is 0 Å². The minimum absolute atomic E-state index is 0.288. The molecule has 0 saturated heterocycles. The molecule has 0 aliphatic heterocycles. The molecular formula is C9H11FN2. The molecule has 0 atom stereocenters. The molecule has 0 unspecified atom stereocenters. The quantitative estimate of drug-likeness (QED) is 0.649. The van der Waals surface area contributed by atoms with E-state index in [1.54, 1.807) is 20.0 Å². The van der Waals surface area contributed by atoms with Crippen molar-refractivity contribution in [3.05, 3.63) is 29.6 Å². The molecule has 1 rings (SSSR count). The average Bonchev–Trinajstić information content (AvgIpc) is 2.03. The van der Waals surface area contributed by atoms with Crippen LogP contribution in [-0.2, 0) is 0 Å². The van der Waals surface area contributed by atoms with Gasteiger partial charge in [-0.25, -0.2) is 4.39 Å². The highest BCUT2D eigenvalue weighted by atomic mass is 19.1. The normalized spacial score (nSPS) is 9.58. The van der Waals surface area contributed by atoms with Crippen molar-refractivity contribution in [3.8, 4) is 0 Å². The SMILES string of the molecule is CNc1cc(F)ccc1C(C)=N. The van der Waals surface area contributed by atoms with Crippen LogP contribution in [0.5, 0.6) is 0 Å². The van der Waals surface area contributed by atoms with Crippen LogP contribution < -0.4 is 5.32 Å². The number of benzene rings is 1. The van der Waals surface area contributed by atoms with Gasteiger partial charge in [0.25, 0.3) is 0 Å². The van der Waals surface area contributed by atoms with Gasteiger partial charge >= 0.3 is 0 Å². The molecule has 0 heterocycles. The predicted molar refractivity (Wildman–Crippen MR) is 48.4 cm³/mol. The second kappa shape index (κ2) is 3.34. The van der Waals surface area contributed by atoms with Gasteiger partial charge in [0.1, 0.15) is 5.82 Å². The minimum Gasteiger partial charge on any atom is -0.387 e. The van der Waals surface area contributed by atoms with Crippen molar-refractivity contribution in [1.82, 2.24) is 0 Å². The van der Waals surface area contributed by atoms with Crippen LogP contribution in [-0.4, -0.2) is 12.8 Å². The van der Waals surface area contributed by atoms with Crippen LogP contribution in [0, 0.1) is 11.2 Å². The Morgan fingerprint density at radius 2 is 2.17 bits per heavy atom. The number of rotatable bonds is 2. The van der Waals surface area contributed by atoms with E-state index in [0.29, 0.717) is 11.4 Å². The molecule has 0 aliphatic rings. The number of hydrogen-bond acceptors (Lipinski definition) is 2. The Morgan fingerprint density at radius 1 is 1.50 bits per heavy atom. The van der Waals surface area contributed by atoms with E-state index in [9.17, 15) is 4.39 Å². The smallest absolute Gasteiger partial charge is 0.125 e. The lowest BCUT2D eigenvalue weighted by Crippen LogP contribution is -2.00. The number of halogens is 1. The first-order valence-electron chi connectivity index (χ1n) is 3.68. The molecular weight excluding hydrogens is 155 g/mol. The van der Waals surface area contributed by atoms with Gasteiger partial charge in [-0.1, -0.05) is 0 Å². The summed E-state index contributed by atoms with van der Waals surface area (Å²) in [4.78, 5) is 0. The van der Waals surface area contributed by atoms with Crippen LogP contribution in [0.4, 0.5) is 10.1 Å². The van der Waals surface area contributed by atoms with Gasteiger partial charge in [0.2, 0.25) is 0 Å². The zero-order valence-electron chi connectivity index (χ0n) is 7.11. The van der Waals surface area contributed by atoms with Crippen LogP contribution >= 0.6 is 0 Å². The third-order valence-corrected chi connectivity index (χ3v) is 1.65. The van der Waals surface area contributed by atoms with Gasteiger partial charge in [0, 0.05) is 24.0 Å². The molecule has 2 nitrogen and oxygen atoms in total. The summed E-state index contributed by atoms with van der Waals surface area (Å²) in [6.07, 6.45) is 0. The van der Waals surface area contributed by atoms with E-state index in [4.69, 9.17) is 5.41 Å². The summed E-state index contributed by atoms with van der Waals surface area (Å²) in [7, 11) is 1.71. The molecule has 0 aromatic heterocycles. The lowest BCUT2D eigenvalue weighted by Gasteiger charge is -2.06. The molecule has 0 fully saturated rings. The van der Waals surface area contributed by atoms with Gasteiger partial charge < -0.3 is 10.7 Å². The van der Waals surface area contributed by atoms with E-state index in [1.165, 1.54) is 12.1 Å². The van der Waals surface area contributed by atoms with Crippen molar-refractivity contribution in [2.24, 2.45) is 0 Å².